The van der Waals surface area contributed by atoms with E-state index in [2.05, 4.69) is 0 Å². The van der Waals surface area contributed by atoms with Gasteiger partial charge in [-0.1, -0.05) is 0 Å². The predicted molar refractivity (Wildman–Crippen MR) is 65.7 cm³/mol. The third-order valence-electron chi connectivity index (χ3n) is 2.33. The molecule has 0 saturated heterocycles. The molecule has 0 saturated carbocycles. The Balaban J connectivity index is 2.66. The van der Waals surface area contributed by atoms with E-state index in [0.29, 0.717) is 11.3 Å². The van der Waals surface area contributed by atoms with Crippen LogP contribution in [0.15, 0.2) is 24.3 Å². The van der Waals surface area contributed by atoms with Crippen molar-refractivity contribution in [3.63, 3.8) is 0 Å². The second-order valence-corrected chi connectivity index (χ2v) is 4.56. The molecule has 0 spiro atoms. The standard InChI is InChI=1S/C13H18O5/c1-13(2,17)12(16)9-3-5-11(6-4-9)18-8-10(15)7-14/h3-6,10,14-15,17H,7-8H2,1-2H3. The molecule has 0 amide bonds. The topological polar surface area (TPSA) is 87.0 Å². The fourth-order valence-electron chi connectivity index (χ4n) is 1.30. The maximum absolute atomic E-state index is 11.7. The van der Waals surface area contributed by atoms with Gasteiger partial charge in [-0.25, -0.2) is 0 Å². The molecule has 0 aliphatic heterocycles. The highest BCUT2D eigenvalue weighted by Crippen LogP contribution is 2.17. The lowest BCUT2D eigenvalue weighted by Crippen LogP contribution is -2.31. The fraction of sp³-hybridized carbons (Fsp3) is 0.462. The molecule has 1 aromatic carbocycles. The lowest BCUT2D eigenvalue weighted by molar-refractivity contribution is 0.0487. The van der Waals surface area contributed by atoms with Crippen LogP contribution in [0.25, 0.3) is 0 Å². The highest BCUT2D eigenvalue weighted by molar-refractivity contribution is 6.01. The highest BCUT2D eigenvalue weighted by Gasteiger charge is 2.24. The van der Waals surface area contributed by atoms with Crippen LogP contribution in [0.3, 0.4) is 0 Å². The van der Waals surface area contributed by atoms with Gasteiger partial charge in [0.2, 0.25) is 0 Å². The average molecular weight is 254 g/mol. The van der Waals surface area contributed by atoms with E-state index in [1.165, 1.54) is 13.8 Å². The van der Waals surface area contributed by atoms with Crippen molar-refractivity contribution < 1.29 is 24.9 Å². The van der Waals surface area contributed by atoms with Gasteiger partial charge in [0.1, 0.15) is 24.1 Å². The summed E-state index contributed by atoms with van der Waals surface area (Å²) in [6.45, 7) is 2.47. The summed E-state index contributed by atoms with van der Waals surface area (Å²) in [6.07, 6.45) is -0.928. The van der Waals surface area contributed by atoms with E-state index in [0.717, 1.165) is 0 Å². The Morgan fingerprint density at radius 1 is 1.33 bits per heavy atom. The molecule has 1 unspecified atom stereocenters. The molecule has 1 atom stereocenters. The summed E-state index contributed by atoms with van der Waals surface area (Å²) in [4.78, 5) is 11.7. The fourth-order valence-corrected chi connectivity index (χ4v) is 1.30. The summed E-state index contributed by atoms with van der Waals surface area (Å²) >= 11 is 0. The van der Waals surface area contributed by atoms with Crippen LogP contribution in [0.5, 0.6) is 5.75 Å². The van der Waals surface area contributed by atoms with Crippen LogP contribution in [0.4, 0.5) is 0 Å². The molecule has 0 fully saturated rings. The number of carbonyl (C=O) groups excluding carboxylic acids is 1. The number of hydrogen-bond donors (Lipinski definition) is 3. The Hall–Kier alpha value is -1.43. The molecule has 0 bridgehead atoms. The lowest BCUT2D eigenvalue weighted by atomic mass is 9.97. The van der Waals surface area contributed by atoms with Crippen molar-refractivity contribution in [1.29, 1.82) is 0 Å². The minimum Gasteiger partial charge on any atom is -0.491 e. The first-order chi connectivity index (χ1) is 8.34. The van der Waals surface area contributed by atoms with Gasteiger partial charge in [0.25, 0.3) is 0 Å². The van der Waals surface area contributed by atoms with Crippen LogP contribution >= 0.6 is 0 Å². The molecule has 100 valence electrons. The quantitative estimate of drug-likeness (QED) is 0.639. The van der Waals surface area contributed by atoms with Crippen molar-refractivity contribution in [2.75, 3.05) is 13.2 Å². The molecule has 0 radical (unpaired) electrons. The summed E-state index contributed by atoms with van der Waals surface area (Å²) in [6, 6.07) is 6.23. The van der Waals surface area contributed by atoms with E-state index in [4.69, 9.17) is 14.9 Å². The highest BCUT2D eigenvalue weighted by atomic mass is 16.5. The Kier molecular flexibility index (Phi) is 4.84. The maximum atomic E-state index is 11.7. The van der Waals surface area contributed by atoms with Crippen LogP contribution in [0, 0.1) is 0 Å². The molecule has 1 rings (SSSR count). The van der Waals surface area contributed by atoms with Crippen molar-refractivity contribution in [3.8, 4) is 5.75 Å². The number of hydrogen-bond acceptors (Lipinski definition) is 5. The number of ether oxygens (including phenoxy) is 1. The van der Waals surface area contributed by atoms with E-state index in [9.17, 15) is 9.90 Å². The summed E-state index contributed by atoms with van der Waals surface area (Å²) in [5, 5.41) is 27.3. The normalized spacial score (nSPS) is 13.2. The molecule has 5 heteroatoms. The smallest absolute Gasteiger partial charge is 0.193 e. The molecule has 0 aromatic heterocycles. The number of carbonyl (C=O) groups is 1. The minimum absolute atomic E-state index is 0.0186. The van der Waals surface area contributed by atoms with Gasteiger partial charge >= 0.3 is 0 Å². The first-order valence-corrected chi connectivity index (χ1v) is 5.63. The predicted octanol–water partition coefficient (Wildman–Crippen LogP) is 0.372. The van der Waals surface area contributed by atoms with Gasteiger partial charge in [-0.2, -0.15) is 0 Å². The van der Waals surface area contributed by atoms with Crippen molar-refractivity contribution in [1.82, 2.24) is 0 Å². The summed E-state index contributed by atoms with van der Waals surface area (Å²) in [5.41, 5.74) is -1.02. The molecule has 0 heterocycles. The number of aliphatic hydroxyl groups excluding tert-OH is 2. The van der Waals surface area contributed by atoms with Crippen molar-refractivity contribution in [2.24, 2.45) is 0 Å². The zero-order valence-electron chi connectivity index (χ0n) is 10.5. The Bertz CT molecular complexity index is 391. The van der Waals surface area contributed by atoms with Gasteiger partial charge in [-0.3, -0.25) is 4.79 Å². The third kappa shape index (κ3) is 4.10. The second-order valence-electron chi connectivity index (χ2n) is 4.56. The van der Waals surface area contributed by atoms with Crippen LogP contribution in [-0.2, 0) is 0 Å². The van der Waals surface area contributed by atoms with E-state index in [1.807, 2.05) is 0 Å². The third-order valence-corrected chi connectivity index (χ3v) is 2.33. The van der Waals surface area contributed by atoms with E-state index >= 15 is 0 Å². The molecule has 1 aromatic rings. The number of ketones is 1. The van der Waals surface area contributed by atoms with Gasteiger partial charge in [0.15, 0.2) is 5.78 Å². The maximum Gasteiger partial charge on any atom is 0.193 e. The monoisotopic (exact) mass is 254 g/mol. The van der Waals surface area contributed by atoms with E-state index in [-0.39, 0.29) is 19.0 Å². The largest absolute Gasteiger partial charge is 0.491 e. The van der Waals surface area contributed by atoms with Gasteiger partial charge in [-0.15, -0.1) is 0 Å². The number of rotatable bonds is 6. The van der Waals surface area contributed by atoms with Crippen molar-refractivity contribution in [2.45, 2.75) is 25.6 Å². The first-order valence-electron chi connectivity index (χ1n) is 5.63. The van der Waals surface area contributed by atoms with Crippen LogP contribution in [0.2, 0.25) is 0 Å². The first kappa shape index (κ1) is 14.6. The minimum atomic E-state index is -1.41. The van der Waals surface area contributed by atoms with Crippen molar-refractivity contribution in [3.05, 3.63) is 29.8 Å². The Morgan fingerprint density at radius 2 is 1.89 bits per heavy atom. The van der Waals surface area contributed by atoms with Gasteiger partial charge in [0.05, 0.1) is 6.61 Å². The summed E-state index contributed by atoms with van der Waals surface area (Å²) in [5.74, 6) is 0.110. The van der Waals surface area contributed by atoms with Crippen molar-refractivity contribution >= 4 is 5.78 Å². The van der Waals surface area contributed by atoms with Gasteiger partial charge in [-0.05, 0) is 38.1 Å². The van der Waals surface area contributed by atoms with Crippen LogP contribution < -0.4 is 4.74 Å². The number of benzene rings is 1. The number of Topliss-reactive ketones (excluding diaryl/α,β-unsaturated/α-hetero) is 1. The van der Waals surface area contributed by atoms with Gasteiger partial charge in [0, 0.05) is 5.56 Å². The summed E-state index contributed by atoms with van der Waals surface area (Å²) in [7, 11) is 0. The number of aliphatic hydroxyl groups is 3. The molecular weight excluding hydrogens is 236 g/mol. The second kappa shape index (κ2) is 5.95. The Labute approximate surface area is 106 Å². The zero-order valence-corrected chi connectivity index (χ0v) is 10.5. The molecule has 0 aliphatic rings. The molecule has 3 N–H and O–H groups in total. The molecule has 18 heavy (non-hydrogen) atoms. The van der Waals surface area contributed by atoms with Crippen LogP contribution in [-0.4, -0.2) is 46.0 Å². The summed E-state index contributed by atoms with van der Waals surface area (Å²) < 4.78 is 5.20. The Morgan fingerprint density at radius 3 is 2.33 bits per heavy atom. The molecule has 5 nitrogen and oxygen atoms in total. The molecule has 0 aliphatic carbocycles. The van der Waals surface area contributed by atoms with Gasteiger partial charge < -0.3 is 20.1 Å². The SMILES string of the molecule is CC(C)(O)C(=O)c1ccc(OCC(O)CO)cc1. The zero-order chi connectivity index (χ0) is 13.8. The molecular formula is C13H18O5. The van der Waals surface area contributed by atoms with E-state index < -0.39 is 11.7 Å². The lowest BCUT2D eigenvalue weighted by Gasteiger charge is -2.16. The van der Waals surface area contributed by atoms with E-state index in [1.54, 1.807) is 24.3 Å². The average Bonchev–Trinajstić information content (AvgIpc) is 2.34. The van der Waals surface area contributed by atoms with Crippen LogP contribution in [0.1, 0.15) is 24.2 Å².